The Labute approximate surface area is 112 Å². The summed E-state index contributed by atoms with van der Waals surface area (Å²) >= 11 is 6.72. The number of rotatable bonds is 4. The molecule has 1 rings (SSSR count). The summed E-state index contributed by atoms with van der Waals surface area (Å²) in [5, 5.41) is 2.79. The van der Waals surface area contributed by atoms with Crippen molar-refractivity contribution in [2.45, 2.75) is 25.8 Å². The molecule has 0 aliphatic heterocycles. The second kappa shape index (κ2) is 6.37. The molecule has 16 heavy (non-hydrogen) atoms. The highest BCUT2D eigenvalue weighted by Gasteiger charge is 2.13. The first-order valence-electron chi connectivity index (χ1n) is 5.06. The van der Waals surface area contributed by atoms with Gasteiger partial charge in [0.1, 0.15) is 0 Å². The third-order valence-corrected chi connectivity index (χ3v) is 3.31. The van der Waals surface area contributed by atoms with Gasteiger partial charge in [-0.15, -0.1) is 0 Å². The quantitative estimate of drug-likeness (QED) is 0.876. The van der Waals surface area contributed by atoms with Gasteiger partial charge in [-0.05, 0) is 40.5 Å². The van der Waals surface area contributed by atoms with Crippen LogP contribution in [0.25, 0.3) is 0 Å². The lowest BCUT2D eigenvalue weighted by Crippen LogP contribution is -2.35. The first kappa shape index (κ1) is 13.7. The highest BCUT2D eigenvalue weighted by atomic mass is 79.9. The lowest BCUT2D eigenvalue weighted by atomic mass is 10.1. The summed E-state index contributed by atoms with van der Waals surface area (Å²) in [5.41, 5.74) is 6.45. The van der Waals surface area contributed by atoms with Crippen LogP contribution in [0.4, 0.5) is 5.69 Å². The summed E-state index contributed by atoms with van der Waals surface area (Å²) in [6, 6.07) is 5.15. The summed E-state index contributed by atoms with van der Waals surface area (Å²) in [6.07, 6.45) is 1.59. The second-order valence-electron chi connectivity index (χ2n) is 3.51. The summed E-state index contributed by atoms with van der Waals surface area (Å²) < 4.78 is 1.75. The molecule has 5 heteroatoms. The molecular weight excluding hydrogens is 336 g/mol. The molecule has 1 atom stereocenters. The zero-order valence-electron chi connectivity index (χ0n) is 8.97. The van der Waals surface area contributed by atoms with Crippen LogP contribution < -0.4 is 11.1 Å². The van der Waals surface area contributed by atoms with Crippen molar-refractivity contribution in [2.24, 2.45) is 5.73 Å². The molecule has 3 N–H and O–H groups in total. The van der Waals surface area contributed by atoms with Crippen LogP contribution in [0, 0.1) is 0 Å². The maximum Gasteiger partial charge on any atom is 0.241 e. The van der Waals surface area contributed by atoms with Gasteiger partial charge in [-0.3, -0.25) is 4.79 Å². The molecule has 0 unspecified atom stereocenters. The van der Waals surface area contributed by atoms with Crippen molar-refractivity contribution in [3.63, 3.8) is 0 Å². The Hall–Kier alpha value is -0.390. The molecule has 0 radical (unpaired) electrons. The van der Waals surface area contributed by atoms with Gasteiger partial charge in [0, 0.05) is 8.95 Å². The van der Waals surface area contributed by atoms with Gasteiger partial charge < -0.3 is 11.1 Å². The van der Waals surface area contributed by atoms with E-state index in [9.17, 15) is 4.79 Å². The van der Waals surface area contributed by atoms with E-state index in [4.69, 9.17) is 5.73 Å². The molecule has 0 aromatic heterocycles. The molecule has 0 aliphatic rings. The summed E-state index contributed by atoms with van der Waals surface area (Å²) in [5.74, 6) is -0.152. The van der Waals surface area contributed by atoms with E-state index < -0.39 is 6.04 Å². The Kier molecular flexibility index (Phi) is 5.44. The maximum absolute atomic E-state index is 11.7. The smallest absolute Gasteiger partial charge is 0.241 e. The van der Waals surface area contributed by atoms with Gasteiger partial charge in [-0.1, -0.05) is 29.3 Å². The minimum absolute atomic E-state index is 0.152. The number of anilines is 1. The number of nitrogens with one attached hydrogen (secondary N) is 1. The third-order valence-electron chi connectivity index (χ3n) is 2.12. The predicted molar refractivity (Wildman–Crippen MR) is 73.4 cm³/mol. The molecule has 88 valence electrons. The van der Waals surface area contributed by atoms with Crippen molar-refractivity contribution >= 4 is 43.5 Å². The lowest BCUT2D eigenvalue weighted by Gasteiger charge is -2.12. The van der Waals surface area contributed by atoms with Crippen molar-refractivity contribution in [2.75, 3.05) is 5.32 Å². The first-order chi connectivity index (χ1) is 7.54. The van der Waals surface area contributed by atoms with Gasteiger partial charge in [-0.25, -0.2) is 0 Å². The molecule has 0 spiro atoms. The molecular formula is C11H14Br2N2O. The Balaban J connectivity index is 2.72. The molecule has 1 aromatic rings. The second-order valence-corrected chi connectivity index (χ2v) is 5.28. The normalized spacial score (nSPS) is 12.2. The highest BCUT2D eigenvalue weighted by Crippen LogP contribution is 2.26. The van der Waals surface area contributed by atoms with E-state index in [1.165, 1.54) is 0 Å². The topological polar surface area (TPSA) is 55.1 Å². The monoisotopic (exact) mass is 348 g/mol. The van der Waals surface area contributed by atoms with Gasteiger partial charge in [0.25, 0.3) is 0 Å². The van der Waals surface area contributed by atoms with E-state index in [1.54, 1.807) is 0 Å². The van der Waals surface area contributed by atoms with Crippen molar-refractivity contribution in [1.82, 2.24) is 0 Å². The van der Waals surface area contributed by atoms with Crippen LogP contribution in [0.3, 0.4) is 0 Å². The lowest BCUT2D eigenvalue weighted by molar-refractivity contribution is -0.117. The minimum atomic E-state index is -0.448. The fourth-order valence-electron chi connectivity index (χ4n) is 1.26. The molecule has 3 nitrogen and oxygen atoms in total. The van der Waals surface area contributed by atoms with Gasteiger partial charge in [-0.2, -0.15) is 0 Å². The third kappa shape index (κ3) is 3.88. The van der Waals surface area contributed by atoms with Crippen LogP contribution in [0.15, 0.2) is 27.1 Å². The van der Waals surface area contributed by atoms with Crippen molar-refractivity contribution in [3.8, 4) is 0 Å². The van der Waals surface area contributed by atoms with Gasteiger partial charge >= 0.3 is 0 Å². The first-order valence-corrected chi connectivity index (χ1v) is 6.64. The fourth-order valence-corrected chi connectivity index (χ4v) is 1.97. The van der Waals surface area contributed by atoms with Crippen LogP contribution in [-0.4, -0.2) is 11.9 Å². The van der Waals surface area contributed by atoms with Crippen molar-refractivity contribution in [3.05, 3.63) is 27.1 Å². The molecule has 0 aliphatic carbocycles. The average Bonchev–Trinajstić information content (AvgIpc) is 2.23. The zero-order chi connectivity index (χ0) is 12.1. The Morgan fingerprint density at radius 3 is 2.81 bits per heavy atom. The number of nitrogens with two attached hydrogens (primary N) is 1. The average molecular weight is 350 g/mol. The Bertz CT molecular complexity index is 382. The fraction of sp³-hybridized carbons (Fsp3) is 0.364. The number of carbonyl (C=O) groups excluding carboxylic acids is 1. The van der Waals surface area contributed by atoms with E-state index in [2.05, 4.69) is 37.2 Å². The van der Waals surface area contributed by atoms with Crippen molar-refractivity contribution < 1.29 is 4.79 Å². The van der Waals surface area contributed by atoms with Crippen molar-refractivity contribution in [1.29, 1.82) is 0 Å². The molecule has 0 saturated carbocycles. The molecule has 0 saturated heterocycles. The summed E-state index contributed by atoms with van der Waals surface area (Å²) in [4.78, 5) is 11.7. The van der Waals surface area contributed by atoms with E-state index >= 15 is 0 Å². The van der Waals surface area contributed by atoms with E-state index in [0.29, 0.717) is 6.42 Å². The van der Waals surface area contributed by atoms with Crippen LogP contribution in [0.5, 0.6) is 0 Å². The van der Waals surface area contributed by atoms with E-state index in [-0.39, 0.29) is 5.91 Å². The Morgan fingerprint density at radius 2 is 2.19 bits per heavy atom. The Morgan fingerprint density at radius 1 is 1.50 bits per heavy atom. The number of hydrogen-bond donors (Lipinski definition) is 2. The largest absolute Gasteiger partial charge is 0.324 e. The number of benzene rings is 1. The number of carbonyl (C=O) groups is 1. The molecule has 0 fully saturated rings. The summed E-state index contributed by atoms with van der Waals surface area (Å²) in [7, 11) is 0. The van der Waals surface area contributed by atoms with E-state index in [0.717, 1.165) is 21.1 Å². The SMILES string of the molecule is CCC[C@H](N)C(=O)Nc1cc(Br)ccc1Br. The van der Waals surface area contributed by atoms with Gasteiger partial charge in [0.05, 0.1) is 11.7 Å². The molecule has 0 bridgehead atoms. The predicted octanol–water partition coefficient (Wildman–Crippen LogP) is 3.28. The van der Waals surface area contributed by atoms with Crippen LogP contribution in [-0.2, 0) is 4.79 Å². The number of halogens is 2. The highest BCUT2D eigenvalue weighted by molar-refractivity contribution is 9.11. The molecule has 1 amide bonds. The standard InChI is InChI=1S/C11H14Br2N2O/c1-2-3-9(14)11(16)15-10-6-7(12)4-5-8(10)13/h4-6,9H,2-3,14H2,1H3,(H,15,16)/t9-/m0/s1. The number of hydrogen-bond acceptors (Lipinski definition) is 2. The summed E-state index contributed by atoms with van der Waals surface area (Å²) in [6.45, 7) is 2.00. The number of amides is 1. The van der Waals surface area contributed by atoms with Gasteiger partial charge in [0.2, 0.25) is 5.91 Å². The zero-order valence-corrected chi connectivity index (χ0v) is 12.1. The molecule has 0 heterocycles. The van der Waals surface area contributed by atoms with Gasteiger partial charge in [0.15, 0.2) is 0 Å². The molecule has 1 aromatic carbocycles. The van der Waals surface area contributed by atoms with Crippen LogP contribution in [0.1, 0.15) is 19.8 Å². The van der Waals surface area contributed by atoms with E-state index in [1.807, 2.05) is 25.1 Å². The van der Waals surface area contributed by atoms with Crippen LogP contribution >= 0.6 is 31.9 Å². The maximum atomic E-state index is 11.7. The van der Waals surface area contributed by atoms with Crippen LogP contribution in [0.2, 0.25) is 0 Å². The minimum Gasteiger partial charge on any atom is -0.324 e.